The van der Waals surface area contributed by atoms with E-state index >= 15 is 0 Å². The maximum Gasteiger partial charge on any atom is 0.410 e. The van der Waals surface area contributed by atoms with Gasteiger partial charge in [-0.1, -0.05) is 38.2 Å². The molecule has 0 bridgehead atoms. The molecule has 2 aliphatic heterocycles. The number of carbonyl (C=O) groups is 2. The molecule has 2 heterocycles. The highest BCUT2D eigenvalue weighted by atomic mass is 16.6. The van der Waals surface area contributed by atoms with E-state index in [0.717, 1.165) is 18.7 Å². The van der Waals surface area contributed by atoms with Crippen LogP contribution in [0.15, 0.2) is 36.0 Å². The fourth-order valence-electron chi connectivity index (χ4n) is 4.18. The van der Waals surface area contributed by atoms with Gasteiger partial charge in [0.1, 0.15) is 11.7 Å². The molecule has 0 aromatic heterocycles. The summed E-state index contributed by atoms with van der Waals surface area (Å²) in [5.41, 5.74) is -0.655. The van der Waals surface area contributed by atoms with Crippen LogP contribution in [0.1, 0.15) is 47.0 Å². The Kier molecular flexibility index (Phi) is 11.6. The first-order valence-electron chi connectivity index (χ1n) is 12.8. The van der Waals surface area contributed by atoms with E-state index in [1.54, 1.807) is 24.0 Å². The van der Waals surface area contributed by atoms with Gasteiger partial charge in [0.05, 0.1) is 12.5 Å². The lowest BCUT2D eigenvalue weighted by Gasteiger charge is -2.36. The third-order valence-electron chi connectivity index (χ3n) is 6.85. The molecule has 0 aromatic carbocycles. The first-order valence-corrected chi connectivity index (χ1v) is 12.8. The molecule has 1 fully saturated rings. The van der Waals surface area contributed by atoms with Gasteiger partial charge in [-0.15, -0.1) is 0 Å². The molecule has 0 radical (unpaired) electrons. The highest BCUT2D eigenvalue weighted by Crippen LogP contribution is 2.27. The second-order valence-electron chi connectivity index (χ2n) is 10.5. The number of likely N-dealkylation sites (N-methyl/N-ethyl adjacent to an activating group) is 1. The summed E-state index contributed by atoms with van der Waals surface area (Å²) in [6.45, 7) is 9.82. The molecule has 2 aliphatic rings. The van der Waals surface area contributed by atoms with E-state index in [1.807, 2.05) is 46.0 Å². The van der Waals surface area contributed by atoms with Crippen molar-refractivity contribution in [1.29, 1.82) is 0 Å². The van der Waals surface area contributed by atoms with E-state index in [-0.39, 0.29) is 37.7 Å². The summed E-state index contributed by atoms with van der Waals surface area (Å²) in [4.78, 5) is 29.2. The Hall–Kier alpha value is -2.20. The smallest absolute Gasteiger partial charge is 0.410 e. The van der Waals surface area contributed by atoms with Gasteiger partial charge < -0.3 is 34.6 Å². The second-order valence-corrected chi connectivity index (χ2v) is 10.5. The maximum absolute atomic E-state index is 12.9. The van der Waals surface area contributed by atoms with E-state index < -0.39 is 36.0 Å². The zero-order valence-electron chi connectivity index (χ0n) is 22.3. The number of nitrogens with zero attached hydrogens (tertiary/aromatic N) is 2. The topological polar surface area (TPSA) is 120 Å². The lowest BCUT2D eigenvalue weighted by atomic mass is 9.89. The van der Waals surface area contributed by atoms with Gasteiger partial charge in [-0.05, 0) is 51.3 Å². The summed E-state index contributed by atoms with van der Waals surface area (Å²) in [6.07, 6.45) is 6.01. The van der Waals surface area contributed by atoms with Crippen LogP contribution in [-0.2, 0) is 14.3 Å². The number of hydrogen-bond acceptors (Lipinski definition) is 8. The van der Waals surface area contributed by atoms with Crippen molar-refractivity contribution in [2.45, 2.75) is 70.9 Å². The number of aliphatic hydroxyl groups is 3. The molecule has 2 rings (SSSR count). The van der Waals surface area contributed by atoms with Crippen LogP contribution in [0.4, 0.5) is 4.79 Å². The second kappa shape index (κ2) is 13.9. The minimum atomic E-state index is -1.44. The minimum absolute atomic E-state index is 0.00152. The van der Waals surface area contributed by atoms with E-state index in [4.69, 9.17) is 9.47 Å². The summed E-state index contributed by atoms with van der Waals surface area (Å²) in [6, 6.07) is 0. The van der Waals surface area contributed by atoms with Gasteiger partial charge in [0.2, 0.25) is 0 Å². The van der Waals surface area contributed by atoms with Gasteiger partial charge >= 0.3 is 12.1 Å². The Morgan fingerprint density at radius 3 is 2.61 bits per heavy atom. The van der Waals surface area contributed by atoms with Crippen molar-refractivity contribution in [1.82, 2.24) is 9.80 Å². The maximum atomic E-state index is 12.9. The van der Waals surface area contributed by atoms with Crippen molar-refractivity contribution in [3.05, 3.63) is 36.0 Å². The summed E-state index contributed by atoms with van der Waals surface area (Å²) < 4.78 is 11.5. The molecular formula is C27H44N2O7. The van der Waals surface area contributed by atoms with Gasteiger partial charge in [-0.3, -0.25) is 4.79 Å². The minimum Gasteiger partial charge on any atom is -0.457 e. The Balaban J connectivity index is 2.29. The molecule has 9 heteroatoms. The van der Waals surface area contributed by atoms with E-state index in [9.17, 15) is 24.9 Å². The van der Waals surface area contributed by atoms with Crippen LogP contribution >= 0.6 is 0 Å². The van der Waals surface area contributed by atoms with Crippen LogP contribution in [0.25, 0.3) is 0 Å². The Morgan fingerprint density at radius 2 is 1.97 bits per heavy atom. The molecule has 0 aliphatic carbocycles. The quantitative estimate of drug-likeness (QED) is 0.294. The molecule has 0 aromatic rings. The van der Waals surface area contributed by atoms with Crippen molar-refractivity contribution in [3.8, 4) is 0 Å². The fraction of sp³-hybridized carbons (Fsp3) is 0.704. The lowest BCUT2D eigenvalue weighted by Crippen LogP contribution is -2.50. The molecule has 9 nitrogen and oxygen atoms in total. The number of amides is 1. The number of aliphatic hydroxyl groups excluding tert-OH is 2. The third kappa shape index (κ3) is 9.35. The highest BCUT2D eigenvalue weighted by molar-refractivity contribution is 5.70. The number of esters is 1. The van der Waals surface area contributed by atoms with Crippen molar-refractivity contribution < 1.29 is 34.4 Å². The van der Waals surface area contributed by atoms with Gasteiger partial charge in [0.15, 0.2) is 6.10 Å². The molecule has 1 unspecified atom stereocenters. The van der Waals surface area contributed by atoms with E-state index in [1.165, 1.54) is 0 Å². The summed E-state index contributed by atoms with van der Waals surface area (Å²) >= 11 is 0. The van der Waals surface area contributed by atoms with E-state index in [2.05, 4.69) is 4.90 Å². The van der Waals surface area contributed by atoms with Crippen molar-refractivity contribution in [2.24, 2.45) is 11.8 Å². The Morgan fingerprint density at radius 1 is 1.31 bits per heavy atom. The van der Waals surface area contributed by atoms with Crippen molar-refractivity contribution in [3.63, 3.8) is 0 Å². The number of carbonyl (C=O) groups excluding carboxylic acids is 2. The summed E-state index contributed by atoms with van der Waals surface area (Å²) in [5, 5.41) is 30.8. The van der Waals surface area contributed by atoms with Crippen LogP contribution in [0.5, 0.6) is 0 Å². The average Bonchev–Trinajstić information content (AvgIpc) is 2.83. The summed E-state index contributed by atoms with van der Waals surface area (Å²) in [5.74, 6) is -0.823. The zero-order valence-corrected chi connectivity index (χ0v) is 22.3. The Bertz CT molecular complexity index is 815. The zero-order chi connectivity index (χ0) is 26.9. The predicted molar refractivity (Wildman–Crippen MR) is 137 cm³/mol. The normalized spacial score (nSPS) is 33.4. The number of rotatable bonds is 5. The standard InChI is InChI=1S/C27H44N2O7/c1-19(18-30)7-6-8-20(2)25-21(3)9-10-23(35-26(33)29-15-13-28(5)14-16-29)27(4,34)12-11-22(31)17-24(32)36-25/h6-10,19,21-23,25,30-31,34H,11-18H2,1-5H3/b7-6+,10-9+,20-8+/t19?,21-,22-,23-,25+,27-/m0/s1. The molecule has 1 amide bonds. The SMILES string of the molecule is C/C(=C\C=C\C(C)CO)[C@H]1OC(=O)C[C@@H](O)CC[C@](C)(O)[C@@H](OC(=O)N2CCN(C)CC2)/C=C/[C@@H]1C. The number of hydrogen-bond donors (Lipinski definition) is 3. The number of cyclic esters (lactones) is 1. The number of ether oxygens (including phenoxy) is 2. The summed E-state index contributed by atoms with van der Waals surface area (Å²) in [7, 11) is 2.00. The predicted octanol–water partition coefficient (Wildman–Crippen LogP) is 2.27. The molecule has 1 saturated heterocycles. The van der Waals surface area contributed by atoms with E-state index in [0.29, 0.717) is 13.1 Å². The van der Waals surface area contributed by atoms with Gasteiger partial charge in [-0.25, -0.2) is 4.79 Å². The third-order valence-corrected chi connectivity index (χ3v) is 6.85. The first kappa shape index (κ1) is 30.0. The van der Waals surface area contributed by atoms with Gasteiger partial charge in [-0.2, -0.15) is 0 Å². The number of piperazine rings is 1. The molecular weight excluding hydrogens is 464 g/mol. The van der Waals surface area contributed by atoms with Gasteiger partial charge in [0.25, 0.3) is 0 Å². The van der Waals surface area contributed by atoms with Crippen LogP contribution in [0, 0.1) is 11.8 Å². The van der Waals surface area contributed by atoms with Gasteiger partial charge in [0, 0.05) is 38.7 Å². The molecule has 6 atom stereocenters. The molecule has 0 spiro atoms. The van der Waals surface area contributed by atoms with Crippen LogP contribution in [-0.4, -0.2) is 101 Å². The van der Waals surface area contributed by atoms with Crippen LogP contribution in [0.3, 0.4) is 0 Å². The molecule has 0 saturated carbocycles. The fourth-order valence-corrected chi connectivity index (χ4v) is 4.18. The van der Waals surface area contributed by atoms with Crippen LogP contribution < -0.4 is 0 Å². The Labute approximate surface area is 215 Å². The first-order chi connectivity index (χ1) is 16.9. The van der Waals surface area contributed by atoms with Crippen LogP contribution in [0.2, 0.25) is 0 Å². The molecule has 36 heavy (non-hydrogen) atoms. The number of allylic oxidation sites excluding steroid dienone is 2. The molecule has 3 N–H and O–H groups in total. The largest absolute Gasteiger partial charge is 0.457 e. The highest BCUT2D eigenvalue weighted by Gasteiger charge is 2.36. The monoisotopic (exact) mass is 508 g/mol. The lowest BCUT2D eigenvalue weighted by molar-refractivity contribution is -0.151. The van der Waals surface area contributed by atoms with Crippen molar-refractivity contribution >= 4 is 12.1 Å². The van der Waals surface area contributed by atoms with Crippen molar-refractivity contribution in [2.75, 3.05) is 39.8 Å². The average molecular weight is 509 g/mol. The molecule has 204 valence electrons.